The summed E-state index contributed by atoms with van der Waals surface area (Å²) < 4.78 is 10.7. The van der Waals surface area contributed by atoms with Gasteiger partial charge < -0.3 is 9.47 Å². The fourth-order valence-corrected chi connectivity index (χ4v) is 3.38. The van der Waals surface area contributed by atoms with Crippen molar-refractivity contribution in [3.8, 4) is 0 Å². The van der Waals surface area contributed by atoms with Crippen LogP contribution in [-0.2, 0) is 19.1 Å². The van der Waals surface area contributed by atoms with E-state index in [9.17, 15) is 9.59 Å². The summed E-state index contributed by atoms with van der Waals surface area (Å²) in [6.07, 6.45) is 16.9. The SMILES string of the molecule is CCCCCCCCCCCCOC(=O)CCCC(=O)OC(C)CCCC(C)C. The molecule has 29 heavy (non-hydrogen) atoms. The molecule has 172 valence electrons. The van der Waals surface area contributed by atoms with Gasteiger partial charge in [0.2, 0.25) is 0 Å². The standard InChI is InChI=1S/C25H48O4/c1-5-6-7-8-9-10-11-12-13-14-21-28-24(26)19-16-20-25(27)29-23(4)18-15-17-22(2)3/h22-23H,5-21H2,1-4H3. The van der Waals surface area contributed by atoms with Gasteiger partial charge in [0.25, 0.3) is 0 Å². The van der Waals surface area contributed by atoms with Gasteiger partial charge in [-0.1, -0.05) is 85.0 Å². The van der Waals surface area contributed by atoms with E-state index in [1.807, 2.05) is 6.92 Å². The lowest BCUT2D eigenvalue weighted by Gasteiger charge is -2.13. The number of rotatable bonds is 20. The van der Waals surface area contributed by atoms with Gasteiger partial charge in [0, 0.05) is 12.8 Å². The first kappa shape index (κ1) is 27.9. The van der Waals surface area contributed by atoms with Crippen molar-refractivity contribution in [2.24, 2.45) is 5.92 Å². The van der Waals surface area contributed by atoms with Crippen LogP contribution in [0.2, 0.25) is 0 Å². The summed E-state index contributed by atoms with van der Waals surface area (Å²) in [5.74, 6) is 0.285. The first-order chi connectivity index (χ1) is 14.0. The van der Waals surface area contributed by atoms with E-state index < -0.39 is 0 Å². The molecule has 0 bridgehead atoms. The number of carbonyl (C=O) groups excluding carboxylic acids is 2. The molecule has 0 aromatic carbocycles. The maximum atomic E-state index is 11.8. The van der Waals surface area contributed by atoms with Crippen molar-refractivity contribution in [2.45, 2.75) is 137 Å². The Morgan fingerprint density at radius 3 is 1.79 bits per heavy atom. The highest BCUT2D eigenvalue weighted by atomic mass is 16.5. The van der Waals surface area contributed by atoms with Gasteiger partial charge in [0.1, 0.15) is 0 Å². The molecular formula is C25H48O4. The molecule has 0 aliphatic carbocycles. The molecule has 0 aromatic rings. The van der Waals surface area contributed by atoms with Crippen molar-refractivity contribution in [3.63, 3.8) is 0 Å². The van der Waals surface area contributed by atoms with Gasteiger partial charge in [-0.2, -0.15) is 0 Å². The zero-order valence-corrected chi connectivity index (χ0v) is 19.8. The van der Waals surface area contributed by atoms with Crippen LogP contribution >= 0.6 is 0 Å². The van der Waals surface area contributed by atoms with E-state index in [-0.39, 0.29) is 18.0 Å². The number of hydrogen-bond donors (Lipinski definition) is 0. The van der Waals surface area contributed by atoms with E-state index in [1.54, 1.807) is 0 Å². The van der Waals surface area contributed by atoms with Gasteiger partial charge in [-0.25, -0.2) is 0 Å². The number of hydrogen-bond acceptors (Lipinski definition) is 4. The van der Waals surface area contributed by atoms with E-state index in [1.165, 1.54) is 51.4 Å². The largest absolute Gasteiger partial charge is 0.466 e. The lowest BCUT2D eigenvalue weighted by atomic mass is 10.0. The van der Waals surface area contributed by atoms with Gasteiger partial charge >= 0.3 is 11.9 Å². The summed E-state index contributed by atoms with van der Waals surface area (Å²) in [6.45, 7) is 9.10. The zero-order chi connectivity index (χ0) is 21.7. The Hall–Kier alpha value is -1.06. The minimum absolute atomic E-state index is 0.0375. The molecule has 0 heterocycles. The summed E-state index contributed by atoms with van der Waals surface area (Å²) in [5, 5.41) is 0. The Morgan fingerprint density at radius 1 is 0.655 bits per heavy atom. The maximum Gasteiger partial charge on any atom is 0.306 e. The minimum Gasteiger partial charge on any atom is -0.466 e. The first-order valence-corrected chi connectivity index (χ1v) is 12.3. The van der Waals surface area contributed by atoms with Gasteiger partial charge in [-0.15, -0.1) is 0 Å². The predicted molar refractivity (Wildman–Crippen MR) is 121 cm³/mol. The van der Waals surface area contributed by atoms with Crippen molar-refractivity contribution < 1.29 is 19.1 Å². The third-order valence-corrected chi connectivity index (χ3v) is 5.25. The molecule has 0 radical (unpaired) electrons. The van der Waals surface area contributed by atoms with E-state index in [0.717, 1.165) is 32.1 Å². The van der Waals surface area contributed by atoms with Gasteiger partial charge in [0.15, 0.2) is 0 Å². The minimum atomic E-state index is -0.204. The highest BCUT2D eigenvalue weighted by Gasteiger charge is 2.11. The van der Waals surface area contributed by atoms with E-state index in [0.29, 0.717) is 31.8 Å². The van der Waals surface area contributed by atoms with Crippen LogP contribution in [0.4, 0.5) is 0 Å². The molecular weight excluding hydrogens is 364 g/mol. The summed E-state index contributed by atoms with van der Waals surface area (Å²) in [4.78, 5) is 23.6. The number of unbranched alkanes of at least 4 members (excludes halogenated alkanes) is 9. The average Bonchev–Trinajstić information content (AvgIpc) is 2.65. The maximum absolute atomic E-state index is 11.8. The Kier molecular flexibility index (Phi) is 19.5. The third kappa shape index (κ3) is 21.5. The van der Waals surface area contributed by atoms with Crippen molar-refractivity contribution in [3.05, 3.63) is 0 Å². The second kappa shape index (κ2) is 20.2. The average molecular weight is 413 g/mol. The van der Waals surface area contributed by atoms with Crippen molar-refractivity contribution in [1.82, 2.24) is 0 Å². The monoisotopic (exact) mass is 412 g/mol. The summed E-state index contributed by atoms with van der Waals surface area (Å²) in [7, 11) is 0. The van der Waals surface area contributed by atoms with E-state index >= 15 is 0 Å². The molecule has 0 amide bonds. The molecule has 0 aromatic heterocycles. The summed E-state index contributed by atoms with van der Waals surface area (Å²) >= 11 is 0. The molecule has 0 saturated heterocycles. The fraction of sp³-hybridized carbons (Fsp3) is 0.920. The third-order valence-electron chi connectivity index (χ3n) is 5.25. The molecule has 0 saturated carbocycles. The molecule has 4 heteroatoms. The van der Waals surface area contributed by atoms with Gasteiger partial charge in [-0.3, -0.25) is 9.59 Å². The molecule has 1 atom stereocenters. The Balaban J connectivity index is 3.43. The van der Waals surface area contributed by atoms with Crippen molar-refractivity contribution >= 4 is 11.9 Å². The normalized spacial score (nSPS) is 12.2. The number of carbonyl (C=O) groups is 2. The van der Waals surface area contributed by atoms with Crippen molar-refractivity contribution in [1.29, 1.82) is 0 Å². The quantitative estimate of drug-likeness (QED) is 0.155. The molecule has 1 unspecified atom stereocenters. The summed E-state index contributed by atoms with van der Waals surface area (Å²) in [5.41, 5.74) is 0. The lowest BCUT2D eigenvalue weighted by Crippen LogP contribution is -2.15. The van der Waals surface area contributed by atoms with Crippen LogP contribution in [0.15, 0.2) is 0 Å². The van der Waals surface area contributed by atoms with Gasteiger partial charge in [-0.05, 0) is 38.5 Å². The Labute approximate surface area is 180 Å². The molecule has 0 aliphatic rings. The molecule has 0 N–H and O–H groups in total. The smallest absolute Gasteiger partial charge is 0.306 e. The van der Waals surface area contributed by atoms with Crippen LogP contribution < -0.4 is 0 Å². The predicted octanol–water partition coefficient (Wildman–Crippen LogP) is 7.38. The zero-order valence-electron chi connectivity index (χ0n) is 19.8. The highest BCUT2D eigenvalue weighted by Crippen LogP contribution is 2.12. The number of ether oxygens (including phenoxy) is 2. The highest BCUT2D eigenvalue weighted by molar-refractivity contribution is 5.72. The Bertz CT molecular complexity index is 392. The summed E-state index contributed by atoms with van der Waals surface area (Å²) in [6, 6.07) is 0. The second-order valence-electron chi connectivity index (χ2n) is 8.88. The molecule has 0 rings (SSSR count). The fourth-order valence-electron chi connectivity index (χ4n) is 3.38. The molecule has 4 nitrogen and oxygen atoms in total. The number of esters is 2. The van der Waals surface area contributed by atoms with E-state index in [4.69, 9.17) is 9.47 Å². The van der Waals surface area contributed by atoms with Crippen LogP contribution in [0.5, 0.6) is 0 Å². The van der Waals surface area contributed by atoms with Crippen molar-refractivity contribution in [2.75, 3.05) is 6.61 Å². The van der Waals surface area contributed by atoms with Crippen LogP contribution in [0, 0.1) is 5.92 Å². The van der Waals surface area contributed by atoms with Crippen LogP contribution in [-0.4, -0.2) is 24.6 Å². The lowest BCUT2D eigenvalue weighted by molar-refractivity contribution is -0.149. The second-order valence-corrected chi connectivity index (χ2v) is 8.88. The molecule has 0 aliphatic heterocycles. The Morgan fingerprint density at radius 2 is 1.21 bits per heavy atom. The molecule has 0 spiro atoms. The first-order valence-electron chi connectivity index (χ1n) is 12.3. The van der Waals surface area contributed by atoms with E-state index in [2.05, 4.69) is 20.8 Å². The van der Waals surface area contributed by atoms with Crippen LogP contribution in [0.25, 0.3) is 0 Å². The topological polar surface area (TPSA) is 52.6 Å². The van der Waals surface area contributed by atoms with Crippen LogP contribution in [0.3, 0.4) is 0 Å². The van der Waals surface area contributed by atoms with Gasteiger partial charge in [0.05, 0.1) is 12.7 Å². The van der Waals surface area contributed by atoms with Crippen LogP contribution in [0.1, 0.15) is 130 Å². The molecule has 0 fully saturated rings.